The third-order valence-corrected chi connectivity index (χ3v) is 3.17. The maximum Gasteiger partial charge on any atom is 0.326 e. The summed E-state index contributed by atoms with van der Waals surface area (Å²) in [4.78, 5) is 23.0. The minimum atomic E-state index is -1.15. The Hall–Kier alpha value is -1.95. The number of ether oxygens (including phenoxy) is 1. The fourth-order valence-corrected chi connectivity index (χ4v) is 2.15. The quantitative estimate of drug-likeness (QED) is 0.848. The Labute approximate surface area is 115 Å². The van der Waals surface area contributed by atoms with Crippen molar-refractivity contribution in [3.05, 3.63) is 35.6 Å². The second-order valence-electron chi connectivity index (χ2n) is 4.74. The number of nitrogens with one attached hydrogen (secondary N) is 1. The van der Waals surface area contributed by atoms with Gasteiger partial charge in [0.05, 0.1) is 0 Å². The topological polar surface area (TPSA) is 75.6 Å². The van der Waals surface area contributed by atoms with Crippen molar-refractivity contribution < 1.29 is 23.8 Å². The molecule has 0 spiro atoms. The Bertz CT molecular complexity index is 500. The fourth-order valence-electron chi connectivity index (χ4n) is 2.15. The lowest BCUT2D eigenvalue weighted by Gasteiger charge is -2.17. The summed E-state index contributed by atoms with van der Waals surface area (Å²) < 4.78 is 18.3. The highest BCUT2D eigenvalue weighted by Crippen LogP contribution is 2.13. The fraction of sp³-hybridized carbons (Fsp3) is 0.429. The summed E-state index contributed by atoms with van der Waals surface area (Å²) in [5, 5.41) is 11.6. The minimum absolute atomic E-state index is 0.0333. The zero-order valence-corrected chi connectivity index (χ0v) is 10.8. The van der Waals surface area contributed by atoms with Gasteiger partial charge in [0.2, 0.25) is 5.91 Å². The largest absolute Gasteiger partial charge is 0.480 e. The summed E-state index contributed by atoms with van der Waals surface area (Å²) in [6.45, 7) is 0.514. The number of carbonyl (C=O) groups is 2. The number of amides is 1. The molecule has 1 aliphatic heterocycles. The molecule has 1 aromatic carbocycles. The molecule has 1 amide bonds. The Morgan fingerprint density at radius 3 is 2.90 bits per heavy atom. The number of carboxylic acid groups (broad SMARTS) is 1. The number of benzene rings is 1. The van der Waals surface area contributed by atoms with E-state index < -0.39 is 29.8 Å². The summed E-state index contributed by atoms with van der Waals surface area (Å²) in [5.41, 5.74) is 0.519. The molecule has 0 saturated carbocycles. The van der Waals surface area contributed by atoms with Gasteiger partial charge in [0, 0.05) is 13.0 Å². The maximum absolute atomic E-state index is 13.1. The van der Waals surface area contributed by atoms with Gasteiger partial charge in [-0.15, -0.1) is 0 Å². The SMILES string of the molecule is O=C(O)[C@@H](Cc1cccc(F)c1)NC(=O)[C@H]1CCCO1. The van der Waals surface area contributed by atoms with Crippen LogP contribution >= 0.6 is 0 Å². The smallest absolute Gasteiger partial charge is 0.326 e. The summed E-state index contributed by atoms with van der Waals surface area (Å²) in [6.07, 6.45) is 0.841. The first kappa shape index (κ1) is 14.5. The van der Waals surface area contributed by atoms with Crippen molar-refractivity contribution >= 4 is 11.9 Å². The Kier molecular flexibility index (Phi) is 4.68. The van der Waals surface area contributed by atoms with Gasteiger partial charge in [-0.2, -0.15) is 0 Å². The number of aliphatic carboxylic acids is 1. The van der Waals surface area contributed by atoms with E-state index in [9.17, 15) is 14.0 Å². The number of carbonyl (C=O) groups excluding carboxylic acids is 1. The molecule has 5 nitrogen and oxygen atoms in total. The molecule has 0 aromatic heterocycles. The van der Waals surface area contributed by atoms with Crippen molar-refractivity contribution in [2.24, 2.45) is 0 Å². The van der Waals surface area contributed by atoms with Gasteiger partial charge in [-0.3, -0.25) is 4.79 Å². The normalized spacial score (nSPS) is 19.6. The molecule has 1 saturated heterocycles. The molecular weight excluding hydrogens is 265 g/mol. The standard InChI is InChI=1S/C14H16FNO4/c15-10-4-1-3-9(7-10)8-11(14(18)19)16-13(17)12-5-2-6-20-12/h1,3-4,7,11-12H,2,5-6,8H2,(H,16,17)(H,18,19)/t11-,12-/m1/s1. The molecule has 0 unspecified atom stereocenters. The van der Waals surface area contributed by atoms with Gasteiger partial charge >= 0.3 is 5.97 Å². The lowest BCUT2D eigenvalue weighted by Crippen LogP contribution is -2.46. The Morgan fingerprint density at radius 2 is 2.30 bits per heavy atom. The Balaban J connectivity index is 2.00. The first-order valence-corrected chi connectivity index (χ1v) is 6.45. The summed E-state index contributed by atoms with van der Waals surface area (Å²) in [5.74, 6) is -2.01. The second kappa shape index (κ2) is 6.47. The molecule has 1 heterocycles. The lowest BCUT2D eigenvalue weighted by atomic mass is 10.1. The van der Waals surface area contributed by atoms with Gasteiger partial charge in [0.15, 0.2) is 0 Å². The van der Waals surface area contributed by atoms with Crippen molar-refractivity contribution in [1.29, 1.82) is 0 Å². The summed E-state index contributed by atoms with van der Waals surface area (Å²) >= 11 is 0. The zero-order valence-electron chi connectivity index (χ0n) is 10.8. The molecular formula is C14H16FNO4. The van der Waals surface area contributed by atoms with Gasteiger partial charge in [-0.1, -0.05) is 12.1 Å². The van der Waals surface area contributed by atoms with E-state index in [-0.39, 0.29) is 6.42 Å². The van der Waals surface area contributed by atoms with Gasteiger partial charge in [0.1, 0.15) is 18.0 Å². The van der Waals surface area contributed by atoms with Crippen LogP contribution in [0.3, 0.4) is 0 Å². The van der Waals surface area contributed by atoms with Crippen LogP contribution in [0.5, 0.6) is 0 Å². The molecule has 1 fully saturated rings. The number of carboxylic acids is 1. The van der Waals surface area contributed by atoms with Crippen molar-refractivity contribution in [3.63, 3.8) is 0 Å². The van der Waals surface area contributed by atoms with E-state index in [1.165, 1.54) is 18.2 Å². The van der Waals surface area contributed by atoms with Gasteiger partial charge in [-0.05, 0) is 30.5 Å². The van der Waals surface area contributed by atoms with Crippen LogP contribution in [0.1, 0.15) is 18.4 Å². The van der Waals surface area contributed by atoms with Gasteiger partial charge in [0.25, 0.3) is 0 Å². The van der Waals surface area contributed by atoms with E-state index in [1.807, 2.05) is 0 Å². The van der Waals surface area contributed by atoms with Crippen molar-refractivity contribution in [2.45, 2.75) is 31.4 Å². The lowest BCUT2D eigenvalue weighted by molar-refractivity contribution is -0.143. The average molecular weight is 281 g/mol. The van der Waals surface area contributed by atoms with Gasteiger partial charge in [-0.25, -0.2) is 9.18 Å². The molecule has 1 aromatic rings. The molecule has 0 radical (unpaired) electrons. The number of halogens is 1. The van der Waals surface area contributed by atoms with Crippen molar-refractivity contribution in [1.82, 2.24) is 5.32 Å². The van der Waals surface area contributed by atoms with Crippen LogP contribution in [-0.4, -0.2) is 35.7 Å². The summed E-state index contributed by atoms with van der Waals surface area (Å²) in [6, 6.07) is 4.58. The van der Waals surface area contributed by atoms with Crippen LogP contribution in [0.2, 0.25) is 0 Å². The molecule has 20 heavy (non-hydrogen) atoms. The predicted octanol–water partition coefficient (Wildman–Crippen LogP) is 1.12. The summed E-state index contributed by atoms with van der Waals surface area (Å²) in [7, 11) is 0. The molecule has 2 atom stereocenters. The third kappa shape index (κ3) is 3.77. The number of hydrogen-bond acceptors (Lipinski definition) is 3. The van der Waals surface area contributed by atoms with Crippen LogP contribution in [0, 0.1) is 5.82 Å². The molecule has 108 valence electrons. The molecule has 0 bridgehead atoms. The molecule has 2 N–H and O–H groups in total. The number of rotatable bonds is 5. The highest BCUT2D eigenvalue weighted by Gasteiger charge is 2.28. The van der Waals surface area contributed by atoms with Gasteiger partial charge < -0.3 is 15.2 Å². The predicted molar refractivity (Wildman–Crippen MR) is 68.6 cm³/mol. The zero-order chi connectivity index (χ0) is 14.5. The van der Waals surface area contributed by atoms with Crippen molar-refractivity contribution in [3.8, 4) is 0 Å². The first-order valence-electron chi connectivity index (χ1n) is 6.45. The third-order valence-electron chi connectivity index (χ3n) is 3.17. The van der Waals surface area contributed by atoms with Crippen LogP contribution in [-0.2, 0) is 20.7 Å². The molecule has 0 aliphatic carbocycles. The van der Waals surface area contributed by atoms with E-state index in [1.54, 1.807) is 6.07 Å². The van der Waals surface area contributed by atoms with Crippen LogP contribution in [0.4, 0.5) is 4.39 Å². The minimum Gasteiger partial charge on any atom is -0.480 e. The van der Waals surface area contributed by atoms with E-state index in [0.29, 0.717) is 18.6 Å². The number of hydrogen-bond donors (Lipinski definition) is 2. The van der Waals surface area contributed by atoms with E-state index in [2.05, 4.69) is 5.32 Å². The molecule has 2 rings (SSSR count). The van der Waals surface area contributed by atoms with E-state index in [4.69, 9.17) is 9.84 Å². The maximum atomic E-state index is 13.1. The highest BCUT2D eigenvalue weighted by molar-refractivity contribution is 5.86. The van der Waals surface area contributed by atoms with Crippen LogP contribution in [0.15, 0.2) is 24.3 Å². The highest BCUT2D eigenvalue weighted by atomic mass is 19.1. The monoisotopic (exact) mass is 281 g/mol. The van der Waals surface area contributed by atoms with Crippen molar-refractivity contribution in [2.75, 3.05) is 6.61 Å². The first-order chi connectivity index (χ1) is 9.56. The average Bonchev–Trinajstić information content (AvgIpc) is 2.91. The van der Waals surface area contributed by atoms with E-state index >= 15 is 0 Å². The molecule has 6 heteroatoms. The van der Waals surface area contributed by atoms with Crippen LogP contribution < -0.4 is 5.32 Å². The van der Waals surface area contributed by atoms with Crippen LogP contribution in [0.25, 0.3) is 0 Å². The molecule has 1 aliphatic rings. The second-order valence-corrected chi connectivity index (χ2v) is 4.74. The Morgan fingerprint density at radius 1 is 1.50 bits per heavy atom. The van der Waals surface area contributed by atoms with E-state index in [0.717, 1.165) is 6.42 Å².